The molecule has 2 aromatic carbocycles. The maximum Gasteiger partial charge on any atom is 0.453 e. The van der Waals surface area contributed by atoms with Gasteiger partial charge in [0, 0.05) is 18.5 Å². The van der Waals surface area contributed by atoms with Crippen LogP contribution in [0.15, 0.2) is 76.2 Å². The molecule has 0 fully saturated rings. The number of nitrogens with zero attached hydrogens (tertiary/aromatic N) is 1. The van der Waals surface area contributed by atoms with Crippen LogP contribution in [0, 0.1) is 0 Å². The average molecular weight is 499 g/mol. The van der Waals surface area contributed by atoms with Crippen molar-refractivity contribution in [1.29, 1.82) is 0 Å². The van der Waals surface area contributed by atoms with Crippen molar-refractivity contribution in [3.05, 3.63) is 94.1 Å². The van der Waals surface area contributed by atoms with E-state index in [4.69, 9.17) is 18.6 Å². The molecule has 11 heteroatoms. The number of hydrogen-bond donors (Lipinski definition) is 0. The Hall–Kier alpha value is -4.67. The fourth-order valence-corrected chi connectivity index (χ4v) is 3.14. The van der Waals surface area contributed by atoms with E-state index in [1.54, 1.807) is 6.92 Å². The number of aromatic nitrogens is 1. The monoisotopic (exact) mass is 499 g/mol. The van der Waals surface area contributed by atoms with Gasteiger partial charge in [0.25, 0.3) is 5.76 Å². The van der Waals surface area contributed by atoms with E-state index < -0.39 is 40.6 Å². The Morgan fingerprint density at radius 2 is 1.69 bits per heavy atom. The number of hydrogen-bond acceptors (Lipinski definition) is 8. The van der Waals surface area contributed by atoms with Gasteiger partial charge in [0.15, 0.2) is 0 Å². The summed E-state index contributed by atoms with van der Waals surface area (Å²) >= 11 is 0. The molecule has 0 aliphatic carbocycles. The number of carbonyl (C=O) groups is 2. The van der Waals surface area contributed by atoms with E-state index in [0.29, 0.717) is 0 Å². The third-order valence-corrected chi connectivity index (χ3v) is 4.77. The Kier molecular flexibility index (Phi) is 6.73. The zero-order valence-electron chi connectivity index (χ0n) is 18.5. The minimum absolute atomic E-state index is 0.118. The first-order valence-electron chi connectivity index (χ1n) is 10.4. The Morgan fingerprint density at radius 3 is 2.33 bits per heavy atom. The molecule has 0 bridgehead atoms. The zero-order valence-corrected chi connectivity index (χ0v) is 18.5. The predicted molar refractivity (Wildman–Crippen MR) is 119 cm³/mol. The van der Waals surface area contributed by atoms with E-state index in [-0.39, 0.29) is 34.6 Å². The fourth-order valence-electron chi connectivity index (χ4n) is 3.14. The van der Waals surface area contributed by atoms with Gasteiger partial charge >= 0.3 is 18.1 Å². The number of pyridine rings is 1. The number of carbonyl (C=O) groups excluding carboxylic acids is 2. The van der Waals surface area contributed by atoms with Gasteiger partial charge in [-0.15, -0.1) is 0 Å². The molecule has 0 radical (unpaired) electrons. The highest BCUT2D eigenvalue weighted by atomic mass is 19.4. The molecule has 36 heavy (non-hydrogen) atoms. The molecule has 4 aromatic rings. The van der Waals surface area contributed by atoms with Crippen LogP contribution in [0.25, 0.3) is 11.0 Å². The van der Waals surface area contributed by atoms with Crippen molar-refractivity contribution in [2.24, 2.45) is 0 Å². The summed E-state index contributed by atoms with van der Waals surface area (Å²) in [5, 5.41) is -0.234. The van der Waals surface area contributed by atoms with Gasteiger partial charge in [0.1, 0.15) is 17.1 Å². The van der Waals surface area contributed by atoms with E-state index in [1.807, 2.05) is 0 Å². The minimum atomic E-state index is -5.09. The van der Waals surface area contributed by atoms with Gasteiger partial charge in [-0.3, -0.25) is 9.78 Å². The van der Waals surface area contributed by atoms with E-state index in [1.165, 1.54) is 54.9 Å². The van der Waals surface area contributed by atoms with Crippen molar-refractivity contribution in [3.8, 4) is 17.2 Å². The summed E-state index contributed by atoms with van der Waals surface area (Å²) in [6.07, 6.45) is -2.38. The summed E-state index contributed by atoms with van der Waals surface area (Å²) < 4.78 is 61.6. The predicted octanol–water partition coefficient (Wildman–Crippen LogP) is 5.40. The quantitative estimate of drug-likeness (QED) is 0.257. The lowest BCUT2D eigenvalue weighted by atomic mass is 10.2. The van der Waals surface area contributed by atoms with Gasteiger partial charge < -0.3 is 18.6 Å². The third-order valence-electron chi connectivity index (χ3n) is 4.77. The van der Waals surface area contributed by atoms with Crippen LogP contribution in [0.2, 0.25) is 0 Å². The number of esters is 2. The summed E-state index contributed by atoms with van der Waals surface area (Å²) in [7, 11) is 0. The van der Waals surface area contributed by atoms with Gasteiger partial charge in [0.2, 0.25) is 11.2 Å². The van der Waals surface area contributed by atoms with Crippen LogP contribution in [0.3, 0.4) is 0 Å². The molecule has 0 saturated carbocycles. The Bertz CT molecular complexity index is 1480. The molecule has 0 amide bonds. The maximum atomic E-state index is 13.8. The molecule has 0 spiro atoms. The van der Waals surface area contributed by atoms with E-state index in [2.05, 4.69) is 4.98 Å². The van der Waals surface area contributed by atoms with Gasteiger partial charge in [-0.25, -0.2) is 9.59 Å². The third kappa shape index (κ3) is 5.19. The molecule has 0 aliphatic heterocycles. The molecule has 8 nitrogen and oxygen atoms in total. The van der Waals surface area contributed by atoms with Crippen molar-refractivity contribution >= 4 is 22.9 Å². The van der Waals surface area contributed by atoms with Crippen LogP contribution in [-0.2, 0) is 10.9 Å². The average Bonchev–Trinajstić information content (AvgIpc) is 2.86. The molecule has 0 N–H and O–H groups in total. The van der Waals surface area contributed by atoms with Crippen molar-refractivity contribution in [2.45, 2.75) is 13.1 Å². The largest absolute Gasteiger partial charge is 0.462 e. The second kappa shape index (κ2) is 9.90. The van der Waals surface area contributed by atoms with E-state index >= 15 is 0 Å². The van der Waals surface area contributed by atoms with Crippen molar-refractivity contribution in [2.75, 3.05) is 6.61 Å². The van der Waals surface area contributed by atoms with E-state index in [0.717, 1.165) is 12.1 Å². The minimum Gasteiger partial charge on any atom is -0.462 e. The molecule has 0 unspecified atom stereocenters. The highest BCUT2D eigenvalue weighted by Gasteiger charge is 2.40. The molecule has 0 saturated heterocycles. The number of ether oxygens (including phenoxy) is 3. The van der Waals surface area contributed by atoms with E-state index in [9.17, 15) is 27.6 Å². The Labute approximate surface area is 200 Å². The van der Waals surface area contributed by atoms with Crippen molar-refractivity contribution in [1.82, 2.24) is 4.98 Å². The van der Waals surface area contributed by atoms with Crippen molar-refractivity contribution < 1.29 is 41.4 Å². The fraction of sp³-hybridized carbons (Fsp3) is 0.120. The number of benzene rings is 2. The standard InChI is InChI=1S/C25H16F3NO7/c1-2-33-23(31)14-5-7-16(8-6-14)34-21-20(30)18-10-9-17(12-19(18)36-22(21)25(26,27)28)35-24(32)15-4-3-11-29-13-15/h3-13H,2H2,1H3. The number of alkyl halides is 3. The molecular formula is C25H16F3NO7. The zero-order chi connectivity index (χ0) is 25.9. The first-order valence-corrected chi connectivity index (χ1v) is 10.4. The van der Waals surface area contributed by atoms with Gasteiger partial charge in [-0.05, 0) is 55.5 Å². The van der Waals surface area contributed by atoms with Gasteiger partial charge in [-0.2, -0.15) is 13.2 Å². The van der Waals surface area contributed by atoms with Crippen LogP contribution in [-0.4, -0.2) is 23.5 Å². The lowest BCUT2D eigenvalue weighted by Crippen LogP contribution is -2.16. The number of halogens is 3. The molecule has 184 valence electrons. The van der Waals surface area contributed by atoms with Crippen LogP contribution in [0.5, 0.6) is 17.2 Å². The summed E-state index contributed by atoms with van der Waals surface area (Å²) in [5.74, 6) is -4.46. The molecule has 2 heterocycles. The summed E-state index contributed by atoms with van der Waals surface area (Å²) in [6.45, 7) is 1.77. The van der Waals surface area contributed by atoms with Crippen LogP contribution < -0.4 is 14.9 Å². The molecular weight excluding hydrogens is 483 g/mol. The first-order chi connectivity index (χ1) is 17.2. The second-order valence-corrected chi connectivity index (χ2v) is 7.22. The summed E-state index contributed by atoms with van der Waals surface area (Å²) in [5.41, 5.74) is -1.29. The smallest absolute Gasteiger partial charge is 0.453 e. The van der Waals surface area contributed by atoms with Crippen LogP contribution >= 0.6 is 0 Å². The first kappa shape index (κ1) is 24.5. The molecule has 4 rings (SSSR count). The molecule has 0 aliphatic rings. The normalized spacial score (nSPS) is 11.2. The summed E-state index contributed by atoms with van der Waals surface area (Å²) in [6, 6.07) is 11.4. The summed E-state index contributed by atoms with van der Waals surface area (Å²) in [4.78, 5) is 40.7. The highest BCUT2D eigenvalue weighted by molar-refractivity contribution is 5.91. The Morgan fingerprint density at radius 1 is 0.972 bits per heavy atom. The van der Waals surface area contributed by atoms with Gasteiger partial charge in [-0.1, -0.05) is 0 Å². The lowest BCUT2D eigenvalue weighted by molar-refractivity contribution is -0.154. The van der Waals surface area contributed by atoms with Crippen LogP contribution in [0.1, 0.15) is 33.4 Å². The van der Waals surface area contributed by atoms with Gasteiger partial charge in [0.05, 0.1) is 23.1 Å². The SMILES string of the molecule is CCOC(=O)c1ccc(Oc2c(C(F)(F)F)oc3cc(OC(=O)c4cccnc4)ccc3c2=O)cc1. The number of rotatable bonds is 6. The molecule has 0 atom stereocenters. The lowest BCUT2D eigenvalue weighted by Gasteiger charge is -2.14. The van der Waals surface area contributed by atoms with Crippen molar-refractivity contribution in [3.63, 3.8) is 0 Å². The highest BCUT2D eigenvalue weighted by Crippen LogP contribution is 2.38. The second-order valence-electron chi connectivity index (χ2n) is 7.22. The topological polar surface area (TPSA) is 105 Å². The number of fused-ring (bicyclic) bond motifs is 1. The maximum absolute atomic E-state index is 13.8. The van der Waals surface area contributed by atoms with Crippen LogP contribution in [0.4, 0.5) is 13.2 Å². The Balaban J connectivity index is 1.70. The molecule has 2 aromatic heterocycles.